The van der Waals surface area contributed by atoms with Gasteiger partial charge in [-0.3, -0.25) is 9.00 Å². The smallest absolute Gasteiger partial charge is 0.304 e. The first kappa shape index (κ1) is 14.8. The Morgan fingerprint density at radius 2 is 2.17 bits per heavy atom. The van der Waals surface area contributed by atoms with E-state index in [4.69, 9.17) is 5.11 Å². The lowest BCUT2D eigenvalue weighted by Crippen LogP contribution is -2.19. The number of nitrogens with zero attached hydrogens (tertiary/aromatic N) is 3. The first-order chi connectivity index (χ1) is 8.40. The van der Waals surface area contributed by atoms with Gasteiger partial charge in [-0.2, -0.15) is 5.10 Å². The summed E-state index contributed by atoms with van der Waals surface area (Å²) in [5.74, 6) is 0.398. The van der Waals surface area contributed by atoms with E-state index in [1.807, 2.05) is 0 Å². The molecule has 7 heteroatoms. The lowest BCUT2D eigenvalue weighted by atomic mass is 10.2. The third-order valence-electron chi connectivity index (χ3n) is 2.42. The van der Waals surface area contributed by atoms with Gasteiger partial charge in [0.05, 0.1) is 12.2 Å². The van der Waals surface area contributed by atoms with Crippen molar-refractivity contribution in [1.29, 1.82) is 0 Å². The number of hydrogen-bond acceptors (Lipinski definition) is 4. The summed E-state index contributed by atoms with van der Waals surface area (Å²) in [6.45, 7) is 6.53. The number of aliphatic carboxylic acids is 1. The van der Waals surface area contributed by atoms with Crippen LogP contribution in [-0.2, 0) is 27.9 Å². The second kappa shape index (κ2) is 6.63. The molecule has 0 aliphatic rings. The van der Waals surface area contributed by atoms with Crippen molar-refractivity contribution in [3.63, 3.8) is 0 Å². The average molecular weight is 273 g/mol. The molecule has 0 fully saturated rings. The third-order valence-corrected chi connectivity index (χ3v) is 4.02. The standard InChI is InChI=1S/C11H19N3O3S/c1-8(2)5-14-10(12-7-13-14)6-18(17)9(3)4-11(15)16/h7-9H,4-6H2,1-3H3,(H,15,16). The van der Waals surface area contributed by atoms with Gasteiger partial charge in [-0.15, -0.1) is 0 Å². The number of aromatic nitrogens is 3. The molecule has 0 aliphatic heterocycles. The van der Waals surface area contributed by atoms with Crippen LogP contribution in [0.5, 0.6) is 0 Å². The summed E-state index contributed by atoms with van der Waals surface area (Å²) in [6, 6.07) is 0. The van der Waals surface area contributed by atoms with Gasteiger partial charge >= 0.3 is 5.97 Å². The van der Waals surface area contributed by atoms with Crippen molar-refractivity contribution in [3.8, 4) is 0 Å². The summed E-state index contributed by atoms with van der Waals surface area (Å²) in [7, 11) is -1.24. The number of carbonyl (C=O) groups is 1. The molecular weight excluding hydrogens is 254 g/mol. The van der Waals surface area contributed by atoms with E-state index < -0.39 is 16.8 Å². The Morgan fingerprint density at radius 3 is 2.72 bits per heavy atom. The minimum Gasteiger partial charge on any atom is -0.481 e. The maximum absolute atomic E-state index is 12.0. The molecule has 0 aliphatic carbocycles. The molecule has 18 heavy (non-hydrogen) atoms. The average Bonchev–Trinajstić information content (AvgIpc) is 2.63. The van der Waals surface area contributed by atoms with Gasteiger partial charge in [0.2, 0.25) is 0 Å². The number of carboxylic acid groups (broad SMARTS) is 1. The molecule has 0 aromatic carbocycles. The van der Waals surface area contributed by atoms with Crippen molar-refractivity contribution in [2.24, 2.45) is 5.92 Å². The molecule has 0 radical (unpaired) electrons. The molecule has 1 heterocycles. The fraction of sp³-hybridized carbons (Fsp3) is 0.727. The molecule has 6 nitrogen and oxygen atoms in total. The molecule has 2 atom stereocenters. The zero-order chi connectivity index (χ0) is 13.7. The van der Waals surface area contributed by atoms with Crippen LogP contribution in [0.2, 0.25) is 0 Å². The second-order valence-electron chi connectivity index (χ2n) is 4.69. The quantitative estimate of drug-likeness (QED) is 0.802. The van der Waals surface area contributed by atoms with Crippen molar-refractivity contribution in [2.45, 2.75) is 44.7 Å². The minimum atomic E-state index is -1.24. The predicted molar refractivity (Wildman–Crippen MR) is 68.4 cm³/mol. The Bertz CT molecular complexity index is 431. The molecule has 0 saturated heterocycles. The zero-order valence-electron chi connectivity index (χ0n) is 10.9. The molecule has 0 spiro atoms. The van der Waals surface area contributed by atoms with Crippen LogP contribution in [-0.4, -0.2) is 35.3 Å². The highest BCUT2D eigenvalue weighted by Crippen LogP contribution is 2.09. The monoisotopic (exact) mass is 273 g/mol. The lowest BCUT2D eigenvalue weighted by molar-refractivity contribution is -0.136. The van der Waals surface area contributed by atoms with Gasteiger partial charge in [0.1, 0.15) is 12.2 Å². The Balaban J connectivity index is 2.64. The Kier molecular flexibility index (Phi) is 5.46. The van der Waals surface area contributed by atoms with Crippen molar-refractivity contribution >= 4 is 16.8 Å². The van der Waals surface area contributed by atoms with Crippen LogP contribution < -0.4 is 0 Å². The zero-order valence-corrected chi connectivity index (χ0v) is 11.7. The number of hydrogen-bond donors (Lipinski definition) is 1. The van der Waals surface area contributed by atoms with Crippen LogP contribution >= 0.6 is 0 Å². The maximum atomic E-state index is 12.0. The Morgan fingerprint density at radius 1 is 1.50 bits per heavy atom. The summed E-state index contributed by atoms with van der Waals surface area (Å²) in [6.07, 6.45) is 1.35. The highest BCUT2D eigenvalue weighted by molar-refractivity contribution is 7.84. The van der Waals surface area contributed by atoms with Crippen molar-refractivity contribution in [1.82, 2.24) is 14.8 Å². The van der Waals surface area contributed by atoms with Gasteiger partial charge in [0, 0.05) is 22.6 Å². The van der Waals surface area contributed by atoms with Gasteiger partial charge in [-0.25, -0.2) is 9.67 Å². The summed E-state index contributed by atoms with van der Waals surface area (Å²) in [5, 5.41) is 12.4. The normalized spacial score (nSPS) is 14.7. The Hall–Kier alpha value is -1.24. The van der Waals surface area contributed by atoms with E-state index in [0.717, 1.165) is 6.54 Å². The van der Waals surface area contributed by atoms with Crippen molar-refractivity contribution in [3.05, 3.63) is 12.2 Å². The molecule has 1 N–H and O–H groups in total. The number of rotatable bonds is 7. The SMILES string of the molecule is CC(C)Cn1ncnc1CS(=O)C(C)CC(=O)O. The molecule has 2 unspecified atom stereocenters. The van der Waals surface area contributed by atoms with E-state index in [1.54, 1.807) is 11.6 Å². The van der Waals surface area contributed by atoms with Crippen LogP contribution in [0.1, 0.15) is 33.0 Å². The van der Waals surface area contributed by atoms with E-state index in [2.05, 4.69) is 23.9 Å². The van der Waals surface area contributed by atoms with E-state index in [0.29, 0.717) is 11.7 Å². The van der Waals surface area contributed by atoms with Crippen LogP contribution in [0, 0.1) is 5.92 Å². The molecule has 1 rings (SSSR count). The van der Waals surface area contributed by atoms with Gasteiger partial charge in [-0.05, 0) is 5.92 Å². The molecule has 0 amide bonds. The highest BCUT2D eigenvalue weighted by Gasteiger charge is 2.18. The first-order valence-electron chi connectivity index (χ1n) is 5.85. The summed E-state index contributed by atoms with van der Waals surface area (Å²) >= 11 is 0. The highest BCUT2D eigenvalue weighted by atomic mass is 32.2. The second-order valence-corrected chi connectivity index (χ2v) is 6.54. The van der Waals surface area contributed by atoms with Gasteiger partial charge in [0.25, 0.3) is 0 Å². The van der Waals surface area contributed by atoms with Crippen LogP contribution in [0.25, 0.3) is 0 Å². The topological polar surface area (TPSA) is 85.1 Å². The molecule has 0 saturated carbocycles. The van der Waals surface area contributed by atoms with Crippen LogP contribution in [0.3, 0.4) is 0 Å². The maximum Gasteiger partial charge on any atom is 0.304 e. The van der Waals surface area contributed by atoms with E-state index in [9.17, 15) is 9.00 Å². The summed E-state index contributed by atoms with van der Waals surface area (Å²) < 4.78 is 13.7. The minimum absolute atomic E-state index is 0.0923. The van der Waals surface area contributed by atoms with Crippen molar-refractivity contribution in [2.75, 3.05) is 0 Å². The molecule has 1 aromatic rings. The van der Waals surface area contributed by atoms with Gasteiger partial charge < -0.3 is 5.11 Å². The van der Waals surface area contributed by atoms with E-state index in [1.165, 1.54) is 6.33 Å². The van der Waals surface area contributed by atoms with Crippen molar-refractivity contribution < 1.29 is 14.1 Å². The largest absolute Gasteiger partial charge is 0.481 e. The predicted octanol–water partition coefficient (Wildman–Crippen LogP) is 1.05. The summed E-state index contributed by atoms with van der Waals surface area (Å²) in [5.41, 5.74) is 0. The van der Waals surface area contributed by atoms with E-state index in [-0.39, 0.29) is 17.4 Å². The molecule has 0 bridgehead atoms. The molecular formula is C11H19N3O3S. The molecule has 1 aromatic heterocycles. The van der Waals surface area contributed by atoms with E-state index >= 15 is 0 Å². The fourth-order valence-corrected chi connectivity index (χ4v) is 2.60. The third kappa shape index (κ3) is 4.56. The Labute approximate surface area is 109 Å². The summed E-state index contributed by atoms with van der Waals surface area (Å²) in [4.78, 5) is 14.6. The molecule has 102 valence electrons. The van der Waals surface area contributed by atoms with Crippen LogP contribution in [0.4, 0.5) is 0 Å². The lowest BCUT2D eigenvalue weighted by Gasteiger charge is -2.11. The van der Waals surface area contributed by atoms with Gasteiger partial charge in [0.15, 0.2) is 0 Å². The number of carboxylic acids is 1. The fourth-order valence-electron chi connectivity index (χ4n) is 1.51. The van der Waals surface area contributed by atoms with Crippen LogP contribution in [0.15, 0.2) is 6.33 Å². The first-order valence-corrected chi connectivity index (χ1v) is 7.24. The van der Waals surface area contributed by atoms with Gasteiger partial charge in [-0.1, -0.05) is 20.8 Å².